The highest BCUT2D eigenvalue weighted by Crippen LogP contribution is 2.35. The number of oxazole rings is 1. The first kappa shape index (κ1) is 23.0. The highest BCUT2D eigenvalue weighted by Gasteiger charge is 2.52. The van der Waals surface area contributed by atoms with Crippen molar-refractivity contribution in [2.75, 3.05) is 19.8 Å². The normalized spacial score (nSPS) is 15.9. The van der Waals surface area contributed by atoms with Gasteiger partial charge in [0.2, 0.25) is 0 Å². The smallest absolute Gasteiger partial charge is 0.419 e. The molecule has 176 valence electrons. The van der Waals surface area contributed by atoms with E-state index in [0.29, 0.717) is 36.4 Å². The molecule has 1 aromatic heterocycles. The second-order valence-corrected chi connectivity index (χ2v) is 9.97. The number of nitrogens with one attached hydrogen (secondary N) is 1. The minimum atomic E-state index is -4.09. The standard InChI is InChI=1S/C22H24N2O8S/c25-20(23-27)22(10-14-30-15-11-22)33(28,29)17-8-6-16(7-9-17)31-13-3-12-24-18-4-1-2-5-19(18)32-21(24)26/h1-2,4-9,27H,3,10-15H2,(H,23,25). The fourth-order valence-electron chi connectivity index (χ4n) is 4.00. The van der Waals surface area contributed by atoms with Crippen molar-refractivity contribution in [3.8, 4) is 5.75 Å². The van der Waals surface area contributed by atoms with E-state index in [9.17, 15) is 18.0 Å². The van der Waals surface area contributed by atoms with Crippen LogP contribution in [0.5, 0.6) is 5.75 Å². The number of hydrogen-bond donors (Lipinski definition) is 2. The van der Waals surface area contributed by atoms with Gasteiger partial charge in [-0.2, -0.15) is 0 Å². The number of hydroxylamine groups is 1. The van der Waals surface area contributed by atoms with Crippen LogP contribution in [0.15, 0.2) is 62.6 Å². The van der Waals surface area contributed by atoms with E-state index in [1.807, 2.05) is 12.1 Å². The quantitative estimate of drug-likeness (QED) is 0.286. The second kappa shape index (κ2) is 9.38. The van der Waals surface area contributed by atoms with Crippen molar-refractivity contribution >= 4 is 26.8 Å². The Bertz CT molecular complexity index is 1290. The first-order valence-corrected chi connectivity index (χ1v) is 12.0. The first-order valence-electron chi connectivity index (χ1n) is 10.5. The largest absolute Gasteiger partial charge is 0.494 e. The highest BCUT2D eigenvalue weighted by atomic mass is 32.2. The molecule has 33 heavy (non-hydrogen) atoms. The molecule has 2 heterocycles. The Kier molecular flexibility index (Phi) is 6.54. The summed E-state index contributed by atoms with van der Waals surface area (Å²) in [4.78, 5) is 24.3. The topological polar surface area (TPSA) is 137 Å². The van der Waals surface area contributed by atoms with Gasteiger partial charge in [-0.05, 0) is 55.7 Å². The van der Waals surface area contributed by atoms with Crippen molar-refractivity contribution in [3.05, 3.63) is 59.1 Å². The number of amides is 1. The van der Waals surface area contributed by atoms with E-state index >= 15 is 0 Å². The van der Waals surface area contributed by atoms with Gasteiger partial charge in [-0.3, -0.25) is 14.6 Å². The number of aryl methyl sites for hydroxylation is 1. The van der Waals surface area contributed by atoms with Crippen LogP contribution >= 0.6 is 0 Å². The minimum absolute atomic E-state index is 0.0447. The van der Waals surface area contributed by atoms with Gasteiger partial charge in [-0.25, -0.2) is 18.7 Å². The van der Waals surface area contributed by atoms with Crippen LogP contribution in [0.4, 0.5) is 0 Å². The summed E-state index contributed by atoms with van der Waals surface area (Å²) in [7, 11) is -4.09. The summed E-state index contributed by atoms with van der Waals surface area (Å²) in [6, 6.07) is 12.9. The van der Waals surface area contributed by atoms with Crippen LogP contribution in [-0.4, -0.2) is 48.7 Å². The van der Waals surface area contributed by atoms with Crippen LogP contribution in [-0.2, 0) is 25.9 Å². The first-order chi connectivity index (χ1) is 15.9. The van der Waals surface area contributed by atoms with Crippen molar-refractivity contribution in [3.63, 3.8) is 0 Å². The third-order valence-electron chi connectivity index (χ3n) is 5.83. The van der Waals surface area contributed by atoms with Gasteiger partial charge in [0.1, 0.15) is 5.75 Å². The molecule has 1 amide bonds. The Labute approximate surface area is 189 Å². The van der Waals surface area contributed by atoms with E-state index < -0.39 is 26.2 Å². The molecule has 1 aliphatic heterocycles. The fourth-order valence-corrected chi connectivity index (χ4v) is 5.94. The van der Waals surface area contributed by atoms with Crippen molar-refractivity contribution in [2.45, 2.75) is 35.4 Å². The number of carbonyl (C=O) groups is 1. The average molecular weight is 477 g/mol. The van der Waals surface area contributed by atoms with Gasteiger partial charge in [-0.1, -0.05) is 12.1 Å². The second-order valence-electron chi connectivity index (χ2n) is 7.71. The number of fused-ring (bicyclic) bond motifs is 1. The molecule has 1 saturated heterocycles. The molecule has 2 aromatic carbocycles. The number of rotatable bonds is 8. The predicted octanol–water partition coefficient (Wildman–Crippen LogP) is 1.89. The monoisotopic (exact) mass is 476 g/mol. The van der Waals surface area contributed by atoms with Crippen LogP contribution in [0.1, 0.15) is 19.3 Å². The SMILES string of the molecule is O=C(NO)C1(S(=O)(=O)c2ccc(OCCCn3c(=O)oc4ccccc43)cc2)CCOCC1. The lowest BCUT2D eigenvalue weighted by atomic mass is 9.98. The van der Waals surface area contributed by atoms with Crippen LogP contribution in [0.2, 0.25) is 0 Å². The zero-order valence-corrected chi connectivity index (χ0v) is 18.5. The molecule has 1 fully saturated rings. The lowest BCUT2D eigenvalue weighted by Gasteiger charge is -2.34. The molecule has 1 aliphatic rings. The summed E-state index contributed by atoms with van der Waals surface area (Å²) in [5.74, 6) is -0.946. The molecule has 2 N–H and O–H groups in total. The van der Waals surface area contributed by atoms with E-state index in [4.69, 9.17) is 19.1 Å². The Hall–Kier alpha value is -3.15. The molecular formula is C22H24N2O8S. The number of para-hydroxylation sites is 2. The fraction of sp³-hybridized carbons (Fsp3) is 0.364. The molecule has 3 aromatic rings. The number of ether oxygens (including phenoxy) is 2. The maximum atomic E-state index is 13.2. The van der Waals surface area contributed by atoms with Crippen molar-refractivity contribution < 1.29 is 32.3 Å². The summed E-state index contributed by atoms with van der Waals surface area (Å²) in [5.41, 5.74) is 2.73. The third-order valence-corrected chi connectivity index (χ3v) is 8.35. The number of sulfone groups is 1. The summed E-state index contributed by atoms with van der Waals surface area (Å²) >= 11 is 0. The van der Waals surface area contributed by atoms with Crippen LogP contribution in [0.3, 0.4) is 0 Å². The molecule has 0 bridgehead atoms. The Morgan fingerprint density at radius 3 is 2.52 bits per heavy atom. The number of nitrogens with zero attached hydrogens (tertiary/aromatic N) is 1. The van der Waals surface area contributed by atoms with Gasteiger partial charge in [0.25, 0.3) is 5.91 Å². The molecule has 0 saturated carbocycles. The van der Waals surface area contributed by atoms with Gasteiger partial charge in [0.15, 0.2) is 20.2 Å². The Morgan fingerprint density at radius 2 is 1.82 bits per heavy atom. The maximum absolute atomic E-state index is 13.2. The van der Waals surface area contributed by atoms with Crippen molar-refractivity contribution in [2.24, 2.45) is 0 Å². The molecule has 0 spiro atoms. The zero-order valence-electron chi connectivity index (χ0n) is 17.7. The zero-order chi connectivity index (χ0) is 23.5. The predicted molar refractivity (Wildman–Crippen MR) is 117 cm³/mol. The van der Waals surface area contributed by atoms with E-state index in [-0.39, 0.29) is 31.0 Å². The van der Waals surface area contributed by atoms with Crippen LogP contribution < -0.4 is 16.0 Å². The maximum Gasteiger partial charge on any atom is 0.419 e. The molecule has 0 radical (unpaired) electrons. The number of benzene rings is 2. The van der Waals surface area contributed by atoms with E-state index in [1.54, 1.807) is 12.1 Å². The van der Waals surface area contributed by atoms with Gasteiger partial charge in [0, 0.05) is 19.8 Å². The third kappa shape index (κ3) is 4.26. The van der Waals surface area contributed by atoms with Gasteiger partial charge >= 0.3 is 5.76 Å². The molecule has 0 atom stereocenters. The van der Waals surface area contributed by atoms with Crippen molar-refractivity contribution in [1.29, 1.82) is 0 Å². The summed E-state index contributed by atoms with van der Waals surface area (Å²) in [5, 5.41) is 9.12. The van der Waals surface area contributed by atoms with Gasteiger partial charge < -0.3 is 13.9 Å². The summed E-state index contributed by atoms with van der Waals surface area (Å²) in [6.07, 6.45) is 0.424. The average Bonchev–Trinajstić information content (AvgIpc) is 3.16. The summed E-state index contributed by atoms with van der Waals surface area (Å²) in [6.45, 7) is 0.904. The Morgan fingerprint density at radius 1 is 1.12 bits per heavy atom. The van der Waals surface area contributed by atoms with E-state index in [0.717, 1.165) is 0 Å². The Balaban J connectivity index is 1.41. The van der Waals surface area contributed by atoms with E-state index in [1.165, 1.54) is 34.3 Å². The van der Waals surface area contributed by atoms with Crippen LogP contribution in [0, 0.1) is 0 Å². The molecule has 0 aliphatic carbocycles. The minimum Gasteiger partial charge on any atom is -0.494 e. The molecule has 0 unspecified atom stereocenters. The van der Waals surface area contributed by atoms with E-state index in [2.05, 4.69) is 0 Å². The number of carbonyl (C=O) groups excluding carboxylic acids is 1. The van der Waals surface area contributed by atoms with Gasteiger partial charge in [0.05, 0.1) is 17.0 Å². The molecule has 11 heteroatoms. The van der Waals surface area contributed by atoms with Crippen molar-refractivity contribution in [1.82, 2.24) is 10.0 Å². The van der Waals surface area contributed by atoms with Crippen LogP contribution in [0.25, 0.3) is 11.1 Å². The molecular weight excluding hydrogens is 452 g/mol. The number of aromatic nitrogens is 1. The lowest BCUT2D eigenvalue weighted by Crippen LogP contribution is -2.54. The molecule has 10 nitrogen and oxygen atoms in total. The highest BCUT2D eigenvalue weighted by molar-refractivity contribution is 7.93. The summed E-state index contributed by atoms with van der Waals surface area (Å²) < 4.78 is 42.3. The lowest BCUT2D eigenvalue weighted by molar-refractivity contribution is -0.134. The van der Waals surface area contributed by atoms with Gasteiger partial charge in [-0.15, -0.1) is 0 Å². The number of hydrogen-bond acceptors (Lipinski definition) is 8. The molecule has 4 rings (SSSR count).